The molecule has 0 aromatic carbocycles. The van der Waals surface area contributed by atoms with Crippen LogP contribution in [0.2, 0.25) is 0 Å². The van der Waals surface area contributed by atoms with Gasteiger partial charge in [-0.2, -0.15) is 0 Å². The molecule has 0 aliphatic rings. The third kappa shape index (κ3) is 23.6. The molecule has 0 aromatic rings. The monoisotopic (exact) mass is 387 g/mol. The Morgan fingerprint density at radius 2 is 1.08 bits per heavy atom. The van der Waals surface area contributed by atoms with Crippen LogP contribution in [-0.4, -0.2) is 117 Å². The van der Waals surface area contributed by atoms with Gasteiger partial charge < -0.3 is 44.0 Å². The molecule has 9 nitrogen and oxygen atoms in total. The van der Waals surface area contributed by atoms with E-state index in [9.17, 15) is 0 Å². The van der Waals surface area contributed by atoms with E-state index in [1.807, 2.05) is 0 Å². The number of rotatable bonds is 13. The van der Waals surface area contributed by atoms with Gasteiger partial charge in [0.1, 0.15) is 12.2 Å². The molecule has 0 radical (unpaired) electrons. The van der Waals surface area contributed by atoms with E-state index in [-0.39, 0.29) is 18.2 Å². The van der Waals surface area contributed by atoms with Crippen molar-refractivity contribution in [3.63, 3.8) is 0 Å². The van der Waals surface area contributed by atoms with Gasteiger partial charge in [0.15, 0.2) is 0 Å². The van der Waals surface area contributed by atoms with Crippen molar-refractivity contribution in [2.75, 3.05) is 82.7 Å². The van der Waals surface area contributed by atoms with Gasteiger partial charge in [-0.25, -0.2) is 0 Å². The zero-order valence-corrected chi connectivity index (χ0v) is 17.7. The number of likely N-dealkylation sites (N-methyl/N-ethyl adjacent to an activating group) is 1. The Kier molecular flexibility index (Phi) is 28.8. The maximum Gasteiger partial charge on any atom is 0.104 e. The lowest BCUT2D eigenvalue weighted by Crippen LogP contribution is -2.39. The van der Waals surface area contributed by atoms with E-state index in [0.29, 0.717) is 33.0 Å². The lowest BCUT2D eigenvalue weighted by Gasteiger charge is -2.17. The van der Waals surface area contributed by atoms with Gasteiger partial charge in [-0.15, -0.1) is 0 Å². The molecule has 0 saturated heterocycles. The molecule has 26 heavy (non-hydrogen) atoms. The quantitative estimate of drug-likeness (QED) is 0.387. The molecule has 0 aromatic heterocycles. The predicted octanol–water partition coefficient (Wildman–Crippen LogP) is -0.464. The fourth-order valence-electron chi connectivity index (χ4n) is 1.63. The number of methoxy groups -OCH3 is 6. The zero-order chi connectivity index (χ0) is 20.8. The fourth-order valence-corrected chi connectivity index (χ4v) is 1.63. The molecule has 0 heterocycles. The van der Waals surface area contributed by atoms with Gasteiger partial charge >= 0.3 is 0 Å². The minimum atomic E-state index is -0.481. The highest BCUT2D eigenvalue weighted by molar-refractivity contribution is 4.68. The van der Waals surface area contributed by atoms with Crippen molar-refractivity contribution in [2.45, 2.75) is 31.3 Å². The first-order valence-corrected chi connectivity index (χ1v) is 8.39. The molecule has 0 bridgehead atoms. The van der Waals surface area contributed by atoms with Gasteiger partial charge in [-0.3, -0.25) is 0 Å². The molecule has 0 amide bonds. The van der Waals surface area contributed by atoms with E-state index < -0.39 is 6.10 Å². The molecule has 0 aliphatic heterocycles. The van der Waals surface area contributed by atoms with Crippen molar-refractivity contribution >= 4 is 0 Å². The summed E-state index contributed by atoms with van der Waals surface area (Å²) in [7, 11) is 11.4. The lowest BCUT2D eigenvalue weighted by molar-refractivity contribution is -0.0178. The first-order valence-electron chi connectivity index (χ1n) is 8.39. The standard InChI is InChI=1S/C6H15NO2.C6H14O3.C5H12O3/c1-5(8)6(7-2)4-9-3;1-7-4-6(9-3)5-8-2;1-7-3-5(6)4-8-2/h5-8H,4H2,1-3H3;6H,4-5H2,1-3H3;5-6H,3-4H2,1-2H3/t5-,6+;;/m1../s1. The van der Waals surface area contributed by atoms with Crippen LogP contribution >= 0.6 is 0 Å². The molecular formula is C17H41NO8. The van der Waals surface area contributed by atoms with Crippen molar-refractivity contribution in [2.24, 2.45) is 0 Å². The fraction of sp³-hybridized carbons (Fsp3) is 1.00. The molecule has 0 fully saturated rings. The number of hydrogen-bond acceptors (Lipinski definition) is 9. The molecule has 0 rings (SSSR count). The predicted molar refractivity (Wildman–Crippen MR) is 101 cm³/mol. The second-order valence-electron chi connectivity index (χ2n) is 5.42. The average molecular weight is 388 g/mol. The number of ether oxygens (including phenoxy) is 6. The Bertz CT molecular complexity index is 235. The minimum Gasteiger partial charge on any atom is -0.392 e. The number of nitrogens with one attached hydrogen (secondary N) is 1. The highest BCUT2D eigenvalue weighted by Gasteiger charge is 2.10. The lowest BCUT2D eigenvalue weighted by atomic mass is 10.2. The third-order valence-electron chi connectivity index (χ3n) is 3.06. The van der Waals surface area contributed by atoms with Crippen molar-refractivity contribution in [1.29, 1.82) is 0 Å². The first kappa shape index (κ1) is 30.4. The maximum absolute atomic E-state index is 9.00. The van der Waals surface area contributed by atoms with E-state index >= 15 is 0 Å². The number of aliphatic hydroxyl groups excluding tert-OH is 2. The topological polar surface area (TPSA) is 108 Å². The molecule has 9 heteroatoms. The molecule has 0 saturated carbocycles. The second-order valence-corrected chi connectivity index (χ2v) is 5.42. The van der Waals surface area contributed by atoms with Gasteiger partial charge in [-0.05, 0) is 14.0 Å². The van der Waals surface area contributed by atoms with Crippen LogP contribution in [0.4, 0.5) is 0 Å². The smallest absolute Gasteiger partial charge is 0.104 e. The van der Waals surface area contributed by atoms with Gasteiger partial charge in [0.25, 0.3) is 0 Å². The van der Waals surface area contributed by atoms with E-state index in [2.05, 4.69) is 14.8 Å². The summed E-state index contributed by atoms with van der Waals surface area (Å²) in [5.74, 6) is 0. The Balaban J connectivity index is -0.000000306. The van der Waals surface area contributed by atoms with Crippen LogP contribution in [0.5, 0.6) is 0 Å². The highest BCUT2D eigenvalue weighted by Crippen LogP contribution is 1.91. The van der Waals surface area contributed by atoms with Crippen LogP contribution in [-0.2, 0) is 28.4 Å². The summed E-state index contributed by atoms with van der Waals surface area (Å²) in [6.45, 7) is 4.14. The van der Waals surface area contributed by atoms with Crippen LogP contribution in [0.25, 0.3) is 0 Å². The largest absolute Gasteiger partial charge is 0.392 e. The van der Waals surface area contributed by atoms with E-state index in [4.69, 9.17) is 29.2 Å². The second kappa shape index (κ2) is 24.6. The number of hydrogen-bond donors (Lipinski definition) is 3. The number of aliphatic hydroxyl groups is 2. The van der Waals surface area contributed by atoms with E-state index in [1.165, 1.54) is 0 Å². The van der Waals surface area contributed by atoms with Gasteiger partial charge in [0.05, 0.1) is 45.2 Å². The van der Waals surface area contributed by atoms with Crippen molar-refractivity contribution in [3.8, 4) is 0 Å². The van der Waals surface area contributed by atoms with Gasteiger partial charge in [0.2, 0.25) is 0 Å². The van der Waals surface area contributed by atoms with Crippen LogP contribution in [0.3, 0.4) is 0 Å². The summed E-state index contributed by atoms with van der Waals surface area (Å²) in [6, 6.07) is 0.0509. The third-order valence-corrected chi connectivity index (χ3v) is 3.06. The van der Waals surface area contributed by atoms with Gasteiger partial charge in [0, 0.05) is 42.7 Å². The van der Waals surface area contributed by atoms with E-state index in [1.54, 1.807) is 56.6 Å². The molecule has 0 aliphatic carbocycles. The molecule has 0 unspecified atom stereocenters. The molecule has 0 spiro atoms. The summed E-state index contributed by atoms with van der Waals surface area (Å²) < 4.78 is 28.8. The Hall–Kier alpha value is -0.360. The Morgan fingerprint density at radius 1 is 0.692 bits per heavy atom. The summed E-state index contributed by atoms with van der Waals surface area (Å²) in [4.78, 5) is 0. The van der Waals surface area contributed by atoms with Crippen LogP contribution in [0.1, 0.15) is 6.92 Å². The van der Waals surface area contributed by atoms with Crippen LogP contribution < -0.4 is 5.32 Å². The normalized spacial score (nSPS) is 12.9. The molecule has 3 N–H and O–H groups in total. The highest BCUT2D eigenvalue weighted by atomic mass is 16.5. The molecule has 162 valence electrons. The molecule has 2 atom stereocenters. The van der Waals surface area contributed by atoms with Crippen molar-refractivity contribution < 1.29 is 38.6 Å². The maximum atomic E-state index is 9.00. The summed E-state index contributed by atoms with van der Waals surface area (Å²) >= 11 is 0. The zero-order valence-electron chi connectivity index (χ0n) is 17.7. The summed E-state index contributed by atoms with van der Waals surface area (Å²) in [6.07, 6.45) is -0.764. The minimum absolute atomic E-state index is 0.0509. The Morgan fingerprint density at radius 3 is 1.27 bits per heavy atom. The SMILES string of the molecule is CN[C@@H](COC)[C@@H](C)O.COCC(COC)OC.COCC(O)COC. The van der Waals surface area contributed by atoms with Crippen molar-refractivity contribution in [3.05, 3.63) is 0 Å². The van der Waals surface area contributed by atoms with Crippen LogP contribution in [0.15, 0.2) is 0 Å². The Labute approximate surface area is 158 Å². The van der Waals surface area contributed by atoms with Crippen LogP contribution in [0, 0.1) is 0 Å². The van der Waals surface area contributed by atoms with E-state index in [0.717, 1.165) is 0 Å². The van der Waals surface area contributed by atoms with Gasteiger partial charge in [-0.1, -0.05) is 0 Å². The summed E-state index contributed by atoms with van der Waals surface area (Å²) in [5, 5.41) is 20.7. The average Bonchev–Trinajstić information content (AvgIpc) is 2.60. The first-order chi connectivity index (χ1) is 12.4. The van der Waals surface area contributed by atoms with Crippen molar-refractivity contribution in [1.82, 2.24) is 5.32 Å². The summed E-state index contributed by atoms with van der Waals surface area (Å²) in [5.41, 5.74) is 0. The molecular weight excluding hydrogens is 346 g/mol.